The number of fused-ring (bicyclic) bond motifs is 1. The van der Waals surface area contributed by atoms with Gasteiger partial charge in [0, 0.05) is 17.3 Å². The van der Waals surface area contributed by atoms with Crippen LogP contribution in [-0.2, 0) is 19.4 Å². The molecule has 2 aromatic heterocycles. The Morgan fingerprint density at radius 2 is 2.00 bits per heavy atom. The number of aryl methyl sites for hydroxylation is 1. The van der Waals surface area contributed by atoms with Crippen molar-refractivity contribution in [3.05, 3.63) is 94.7 Å². The van der Waals surface area contributed by atoms with Crippen molar-refractivity contribution in [2.24, 2.45) is 0 Å². The molecule has 156 valence electrons. The second kappa shape index (κ2) is 7.83. The first-order valence-electron chi connectivity index (χ1n) is 10.3. The number of benzene rings is 2. The van der Waals surface area contributed by atoms with E-state index in [2.05, 4.69) is 21.6 Å². The van der Waals surface area contributed by atoms with E-state index in [9.17, 15) is 9.18 Å². The summed E-state index contributed by atoms with van der Waals surface area (Å²) in [6, 6.07) is 16.4. The lowest BCUT2D eigenvalue weighted by molar-refractivity contribution is 0.102. The minimum atomic E-state index is -0.358. The molecule has 4 aromatic rings. The maximum Gasteiger partial charge on any atom is 0.277 e. The van der Waals surface area contributed by atoms with Crippen molar-refractivity contribution in [2.45, 2.75) is 32.7 Å². The van der Waals surface area contributed by atoms with Crippen LogP contribution >= 0.6 is 0 Å². The third kappa shape index (κ3) is 3.63. The minimum absolute atomic E-state index is 0.306. The second-order valence-corrected chi connectivity index (χ2v) is 7.81. The molecule has 2 heterocycles. The number of rotatable bonds is 5. The number of amides is 1. The summed E-state index contributed by atoms with van der Waals surface area (Å²) in [6.45, 7) is 2.59. The van der Waals surface area contributed by atoms with Crippen LogP contribution in [0.2, 0.25) is 0 Å². The Hall–Kier alpha value is -3.74. The molecule has 31 heavy (non-hydrogen) atoms. The van der Waals surface area contributed by atoms with Gasteiger partial charge in [0.1, 0.15) is 17.3 Å². The molecule has 0 spiro atoms. The summed E-state index contributed by atoms with van der Waals surface area (Å²) >= 11 is 0. The highest BCUT2D eigenvalue weighted by atomic mass is 19.1. The van der Waals surface area contributed by atoms with E-state index in [1.165, 1.54) is 11.6 Å². The lowest BCUT2D eigenvalue weighted by atomic mass is 10.1. The van der Waals surface area contributed by atoms with Crippen LogP contribution in [0.15, 0.2) is 60.8 Å². The van der Waals surface area contributed by atoms with Crippen LogP contribution in [0.1, 0.15) is 39.3 Å². The molecule has 1 amide bonds. The average molecular weight is 415 g/mol. The Bertz CT molecular complexity index is 1270. The van der Waals surface area contributed by atoms with Crippen molar-refractivity contribution in [1.82, 2.24) is 19.6 Å². The molecule has 0 radical (unpaired) electrons. The smallest absolute Gasteiger partial charge is 0.277 e. The maximum absolute atomic E-state index is 14.4. The highest BCUT2D eigenvalue weighted by Gasteiger charge is 2.28. The number of para-hydroxylation sites is 1. The van der Waals surface area contributed by atoms with Crippen LogP contribution in [0.3, 0.4) is 0 Å². The maximum atomic E-state index is 14.4. The number of nitrogens with one attached hydrogen (secondary N) is 1. The van der Waals surface area contributed by atoms with E-state index in [0.717, 1.165) is 36.1 Å². The minimum Gasteiger partial charge on any atom is -0.305 e. The fourth-order valence-electron chi connectivity index (χ4n) is 4.17. The van der Waals surface area contributed by atoms with Crippen LogP contribution in [-0.4, -0.2) is 25.5 Å². The van der Waals surface area contributed by atoms with Crippen molar-refractivity contribution < 1.29 is 9.18 Å². The van der Waals surface area contributed by atoms with Crippen molar-refractivity contribution in [1.29, 1.82) is 0 Å². The van der Waals surface area contributed by atoms with Crippen molar-refractivity contribution >= 4 is 11.7 Å². The molecule has 0 atom stereocenters. The number of halogens is 1. The van der Waals surface area contributed by atoms with Crippen LogP contribution in [0.25, 0.3) is 5.69 Å². The molecule has 1 aliphatic carbocycles. The zero-order valence-electron chi connectivity index (χ0n) is 17.2. The Morgan fingerprint density at radius 3 is 2.84 bits per heavy atom. The molecule has 0 bridgehead atoms. The van der Waals surface area contributed by atoms with Gasteiger partial charge in [-0.15, -0.1) is 0 Å². The molecule has 1 aliphatic rings. The van der Waals surface area contributed by atoms with Gasteiger partial charge in [0.15, 0.2) is 5.69 Å². The van der Waals surface area contributed by atoms with Gasteiger partial charge in [-0.05, 0) is 43.9 Å². The number of nitrogens with zero attached hydrogens (tertiary/aromatic N) is 4. The van der Waals surface area contributed by atoms with E-state index in [0.29, 0.717) is 23.7 Å². The third-order valence-electron chi connectivity index (χ3n) is 5.60. The molecule has 1 N–H and O–H groups in total. The molecule has 0 saturated heterocycles. The molecule has 7 heteroatoms. The fourth-order valence-corrected chi connectivity index (χ4v) is 4.17. The summed E-state index contributed by atoms with van der Waals surface area (Å²) in [5, 5.41) is 11.8. The average Bonchev–Trinajstić information content (AvgIpc) is 3.46. The van der Waals surface area contributed by atoms with Crippen LogP contribution in [0.4, 0.5) is 10.2 Å². The Morgan fingerprint density at radius 1 is 1.13 bits per heavy atom. The standard InChI is InChI=1S/C24H22FN5O/c1-16-6-4-7-17(14-16)15-29-22(12-13-26-29)27-24(31)23-18-8-5-11-20(18)30(28-23)21-10-3-2-9-19(21)25/h2-4,6-7,9-10,12-14H,5,8,11,15H2,1H3,(H,27,31). The van der Waals surface area contributed by atoms with Crippen molar-refractivity contribution in [3.63, 3.8) is 0 Å². The number of anilines is 1. The Kier molecular flexibility index (Phi) is 4.86. The first-order valence-corrected chi connectivity index (χ1v) is 10.3. The third-order valence-corrected chi connectivity index (χ3v) is 5.60. The van der Waals surface area contributed by atoms with E-state index in [1.54, 1.807) is 39.8 Å². The fraction of sp³-hybridized carbons (Fsp3) is 0.208. The predicted molar refractivity (Wildman–Crippen MR) is 116 cm³/mol. The summed E-state index contributed by atoms with van der Waals surface area (Å²) < 4.78 is 17.7. The summed E-state index contributed by atoms with van der Waals surface area (Å²) in [5.74, 6) is -0.0687. The predicted octanol–water partition coefficient (Wildman–Crippen LogP) is 4.31. The molecule has 0 aliphatic heterocycles. The quantitative estimate of drug-likeness (QED) is 0.528. The number of hydrogen-bond acceptors (Lipinski definition) is 3. The normalized spacial score (nSPS) is 12.7. The molecule has 2 aromatic carbocycles. The first kappa shape index (κ1) is 19.2. The zero-order chi connectivity index (χ0) is 21.4. The van der Waals surface area contributed by atoms with Gasteiger partial charge >= 0.3 is 0 Å². The summed E-state index contributed by atoms with van der Waals surface area (Å²) in [6.07, 6.45) is 4.12. The Balaban J connectivity index is 1.43. The van der Waals surface area contributed by atoms with Crippen LogP contribution in [0, 0.1) is 12.7 Å². The highest BCUT2D eigenvalue weighted by Crippen LogP contribution is 2.29. The number of carbonyl (C=O) groups is 1. The van der Waals surface area contributed by atoms with Gasteiger partial charge in [0.05, 0.1) is 12.7 Å². The topological polar surface area (TPSA) is 64.7 Å². The molecular formula is C24H22FN5O. The Labute approximate surface area is 179 Å². The first-order chi connectivity index (χ1) is 15.1. The van der Waals surface area contributed by atoms with Gasteiger partial charge in [-0.3, -0.25) is 4.79 Å². The summed E-state index contributed by atoms with van der Waals surface area (Å²) in [7, 11) is 0. The lowest BCUT2D eigenvalue weighted by Crippen LogP contribution is -2.18. The number of hydrogen-bond donors (Lipinski definition) is 1. The monoisotopic (exact) mass is 415 g/mol. The number of carbonyl (C=O) groups excluding carboxylic acids is 1. The van der Waals surface area contributed by atoms with Crippen molar-refractivity contribution in [3.8, 4) is 5.69 Å². The van der Waals surface area contributed by atoms with Crippen LogP contribution < -0.4 is 5.32 Å². The van der Waals surface area contributed by atoms with Crippen molar-refractivity contribution in [2.75, 3.05) is 5.32 Å². The van der Waals surface area contributed by atoms with Crippen LogP contribution in [0.5, 0.6) is 0 Å². The van der Waals surface area contributed by atoms with Gasteiger partial charge in [-0.25, -0.2) is 13.8 Å². The molecular weight excluding hydrogens is 393 g/mol. The highest BCUT2D eigenvalue weighted by molar-refractivity contribution is 6.03. The van der Waals surface area contributed by atoms with Gasteiger partial charge in [-0.2, -0.15) is 10.2 Å². The summed E-state index contributed by atoms with van der Waals surface area (Å²) in [4.78, 5) is 13.1. The SMILES string of the molecule is Cc1cccc(Cn2nccc2NC(=O)c2nn(-c3ccccc3F)c3c2CCC3)c1. The van der Waals surface area contributed by atoms with Gasteiger partial charge in [0.25, 0.3) is 5.91 Å². The molecule has 6 nitrogen and oxygen atoms in total. The lowest BCUT2D eigenvalue weighted by Gasteiger charge is -2.09. The molecule has 5 rings (SSSR count). The largest absolute Gasteiger partial charge is 0.305 e. The van der Waals surface area contributed by atoms with Gasteiger partial charge in [0.2, 0.25) is 0 Å². The van der Waals surface area contributed by atoms with E-state index in [4.69, 9.17) is 0 Å². The molecule has 0 fully saturated rings. The van der Waals surface area contributed by atoms with E-state index in [1.807, 2.05) is 25.1 Å². The zero-order valence-corrected chi connectivity index (χ0v) is 17.2. The summed E-state index contributed by atoms with van der Waals surface area (Å²) in [5.41, 5.74) is 4.78. The van der Waals surface area contributed by atoms with Gasteiger partial charge < -0.3 is 5.32 Å². The van der Waals surface area contributed by atoms with E-state index in [-0.39, 0.29) is 11.7 Å². The van der Waals surface area contributed by atoms with E-state index >= 15 is 0 Å². The van der Waals surface area contributed by atoms with Gasteiger partial charge in [-0.1, -0.05) is 42.0 Å². The molecule has 0 saturated carbocycles. The molecule has 0 unspecified atom stereocenters. The second-order valence-electron chi connectivity index (χ2n) is 7.81. The number of aromatic nitrogens is 4. The van der Waals surface area contributed by atoms with E-state index < -0.39 is 0 Å².